The molecule has 3 rings (SSSR count). The summed E-state index contributed by atoms with van der Waals surface area (Å²) in [4.78, 5) is 7.76. The topological polar surface area (TPSA) is 57.4 Å². The Labute approximate surface area is 116 Å². The van der Waals surface area contributed by atoms with Gasteiger partial charge in [0.2, 0.25) is 0 Å². The number of fused-ring (bicyclic) bond motifs is 1. The summed E-state index contributed by atoms with van der Waals surface area (Å²) in [5.74, 6) is 2.05. The van der Waals surface area contributed by atoms with E-state index in [9.17, 15) is 0 Å². The first kappa shape index (κ1) is 12.2. The molecule has 0 saturated heterocycles. The van der Waals surface area contributed by atoms with Crippen LogP contribution in [0.3, 0.4) is 0 Å². The molecule has 1 aromatic carbocycles. The molecule has 0 fully saturated rings. The number of H-pyrrole nitrogens is 2. The van der Waals surface area contributed by atoms with Crippen LogP contribution >= 0.6 is 11.6 Å². The smallest absolute Gasteiger partial charge is 0.199 e. The van der Waals surface area contributed by atoms with Gasteiger partial charge in [0, 0.05) is 17.3 Å². The molecule has 0 unspecified atom stereocenters. The summed E-state index contributed by atoms with van der Waals surface area (Å²) >= 11 is 6.38. The van der Waals surface area contributed by atoms with E-state index in [1.807, 2.05) is 24.3 Å². The van der Waals surface area contributed by atoms with E-state index in [0.717, 1.165) is 28.8 Å². The van der Waals surface area contributed by atoms with Gasteiger partial charge in [-0.1, -0.05) is 43.6 Å². The lowest BCUT2D eigenvalue weighted by atomic mass is 10.1. The molecule has 4 nitrogen and oxygen atoms in total. The number of hydrogen-bond donors (Lipinski definition) is 2. The van der Waals surface area contributed by atoms with Crippen LogP contribution in [-0.4, -0.2) is 20.2 Å². The molecule has 0 spiro atoms. The van der Waals surface area contributed by atoms with Crippen molar-refractivity contribution in [2.75, 3.05) is 0 Å². The third-order valence-electron chi connectivity index (χ3n) is 3.00. The lowest BCUT2D eigenvalue weighted by Gasteiger charge is -1.97. The van der Waals surface area contributed by atoms with Gasteiger partial charge in [0.15, 0.2) is 5.82 Å². The van der Waals surface area contributed by atoms with Crippen LogP contribution < -0.4 is 0 Å². The van der Waals surface area contributed by atoms with Gasteiger partial charge in [-0.25, -0.2) is 4.98 Å². The van der Waals surface area contributed by atoms with E-state index in [1.54, 1.807) is 0 Å². The van der Waals surface area contributed by atoms with Gasteiger partial charge in [0.05, 0.1) is 5.02 Å². The minimum Gasteiger partial charge on any atom is -0.351 e. The number of benzene rings is 1. The molecule has 0 saturated carbocycles. The second-order valence-corrected chi connectivity index (χ2v) is 5.44. The van der Waals surface area contributed by atoms with Gasteiger partial charge in [0.1, 0.15) is 11.5 Å². The molecule has 19 heavy (non-hydrogen) atoms. The minimum absolute atomic E-state index is 0.541. The molecule has 0 bridgehead atoms. The molecular weight excluding hydrogens is 260 g/mol. The Bertz CT molecular complexity index is 711. The summed E-state index contributed by atoms with van der Waals surface area (Å²) in [5, 5.41) is 8.88. The highest BCUT2D eigenvalue weighted by atomic mass is 35.5. The zero-order valence-corrected chi connectivity index (χ0v) is 11.6. The first-order chi connectivity index (χ1) is 9.15. The van der Waals surface area contributed by atoms with Gasteiger partial charge >= 0.3 is 0 Å². The van der Waals surface area contributed by atoms with Crippen molar-refractivity contribution in [2.45, 2.75) is 20.3 Å². The van der Waals surface area contributed by atoms with Crippen molar-refractivity contribution in [3.8, 4) is 11.5 Å². The first-order valence-electron chi connectivity index (χ1n) is 6.33. The van der Waals surface area contributed by atoms with Crippen LogP contribution in [-0.2, 0) is 6.42 Å². The van der Waals surface area contributed by atoms with Gasteiger partial charge in [-0.15, -0.1) is 0 Å². The van der Waals surface area contributed by atoms with Gasteiger partial charge in [-0.2, -0.15) is 5.10 Å². The first-order valence-corrected chi connectivity index (χ1v) is 6.71. The molecule has 2 heterocycles. The van der Waals surface area contributed by atoms with Crippen LogP contribution in [0.5, 0.6) is 0 Å². The highest BCUT2D eigenvalue weighted by Crippen LogP contribution is 2.32. The zero-order chi connectivity index (χ0) is 13.4. The van der Waals surface area contributed by atoms with Crippen molar-refractivity contribution in [1.82, 2.24) is 20.2 Å². The predicted molar refractivity (Wildman–Crippen MR) is 77.2 cm³/mol. The minimum atomic E-state index is 0.541. The average molecular weight is 275 g/mol. The van der Waals surface area contributed by atoms with Crippen LogP contribution in [0.2, 0.25) is 5.02 Å². The molecule has 0 aliphatic rings. The maximum absolute atomic E-state index is 6.38. The maximum Gasteiger partial charge on any atom is 0.199 e. The molecule has 0 aliphatic heterocycles. The van der Waals surface area contributed by atoms with Crippen LogP contribution in [0.1, 0.15) is 19.7 Å². The Morgan fingerprint density at radius 3 is 2.79 bits per heavy atom. The Balaban J connectivity index is 2.04. The van der Waals surface area contributed by atoms with Crippen molar-refractivity contribution >= 4 is 22.5 Å². The second kappa shape index (κ2) is 4.70. The van der Waals surface area contributed by atoms with Crippen LogP contribution in [0, 0.1) is 5.92 Å². The highest BCUT2D eigenvalue weighted by Gasteiger charge is 2.15. The number of rotatable bonds is 3. The normalized spacial score (nSPS) is 11.6. The molecule has 2 aromatic heterocycles. The number of aromatic nitrogens is 4. The summed E-state index contributed by atoms with van der Waals surface area (Å²) in [6, 6.07) is 7.92. The second-order valence-electron chi connectivity index (χ2n) is 5.06. The van der Waals surface area contributed by atoms with Crippen molar-refractivity contribution in [2.24, 2.45) is 5.92 Å². The van der Waals surface area contributed by atoms with E-state index < -0.39 is 0 Å². The lowest BCUT2D eigenvalue weighted by molar-refractivity contribution is 0.622. The van der Waals surface area contributed by atoms with Crippen LogP contribution in [0.15, 0.2) is 24.3 Å². The molecule has 0 radical (unpaired) electrons. The molecule has 0 amide bonds. The summed E-state index contributed by atoms with van der Waals surface area (Å²) < 4.78 is 0. The third kappa shape index (κ3) is 2.24. The molecular formula is C14H15ClN4. The Morgan fingerprint density at radius 1 is 1.26 bits per heavy atom. The fraction of sp³-hybridized carbons (Fsp3) is 0.286. The third-order valence-corrected chi connectivity index (χ3v) is 3.39. The van der Waals surface area contributed by atoms with Gasteiger partial charge in [0.25, 0.3) is 0 Å². The van der Waals surface area contributed by atoms with Crippen molar-refractivity contribution in [3.05, 3.63) is 35.1 Å². The monoisotopic (exact) mass is 274 g/mol. The number of para-hydroxylation sites is 1. The zero-order valence-electron chi connectivity index (χ0n) is 10.9. The van der Waals surface area contributed by atoms with Crippen molar-refractivity contribution in [1.29, 1.82) is 0 Å². The lowest BCUT2D eigenvalue weighted by Crippen LogP contribution is -1.95. The van der Waals surface area contributed by atoms with Crippen LogP contribution in [0.25, 0.3) is 22.4 Å². The van der Waals surface area contributed by atoms with E-state index in [2.05, 4.69) is 34.0 Å². The fourth-order valence-corrected chi connectivity index (χ4v) is 2.44. The average Bonchev–Trinajstić information content (AvgIpc) is 2.94. The van der Waals surface area contributed by atoms with Crippen molar-refractivity contribution in [3.63, 3.8) is 0 Å². The Kier molecular flexibility index (Phi) is 3.03. The fourth-order valence-electron chi connectivity index (χ4n) is 2.15. The molecule has 0 atom stereocenters. The SMILES string of the molecule is CC(C)Cc1nc(-c2[nH]c3ccccc3c2Cl)n[nH]1. The molecule has 5 heteroatoms. The van der Waals surface area contributed by atoms with E-state index in [1.165, 1.54) is 0 Å². The molecule has 3 aromatic rings. The van der Waals surface area contributed by atoms with Gasteiger partial charge in [-0.05, 0) is 12.0 Å². The van der Waals surface area contributed by atoms with Gasteiger partial charge in [-0.3, -0.25) is 5.10 Å². The summed E-state index contributed by atoms with van der Waals surface area (Å²) in [6.45, 7) is 4.30. The van der Waals surface area contributed by atoms with Crippen molar-refractivity contribution < 1.29 is 0 Å². The summed E-state index contributed by atoms with van der Waals surface area (Å²) in [5.41, 5.74) is 1.77. The van der Waals surface area contributed by atoms with Gasteiger partial charge < -0.3 is 4.98 Å². The number of nitrogens with one attached hydrogen (secondary N) is 2. The Morgan fingerprint density at radius 2 is 2.05 bits per heavy atom. The number of hydrogen-bond acceptors (Lipinski definition) is 2. The largest absolute Gasteiger partial charge is 0.351 e. The number of halogens is 1. The molecule has 2 N–H and O–H groups in total. The predicted octanol–water partition coefficient (Wildman–Crippen LogP) is 3.80. The standard InChI is InChI=1S/C14H15ClN4/c1-8(2)7-11-17-14(19-18-11)13-12(15)9-5-3-4-6-10(9)16-13/h3-6,8,16H,7H2,1-2H3,(H,17,18,19). The summed E-state index contributed by atoms with van der Waals surface area (Å²) in [6.07, 6.45) is 0.880. The molecule has 0 aliphatic carbocycles. The molecule has 98 valence electrons. The number of nitrogens with zero attached hydrogens (tertiary/aromatic N) is 2. The Hall–Kier alpha value is -1.81. The van der Waals surface area contributed by atoms with E-state index in [-0.39, 0.29) is 0 Å². The summed E-state index contributed by atoms with van der Waals surface area (Å²) in [7, 11) is 0. The maximum atomic E-state index is 6.38. The highest BCUT2D eigenvalue weighted by molar-refractivity contribution is 6.38. The van der Waals surface area contributed by atoms with Crippen LogP contribution in [0.4, 0.5) is 0 Å². The van der Waals surface area contributed by atoms with E-state index in [0.29, 0.717) is 16.8 Å². The van der Waals surface area contributed by atoms with E-state index >= 15 is 0 Å². The van der Waals surface area contributed by atoms with E-state index in [4.69, 9.17) is 11.6 Å². The number of aromatic amines is 2. The quantitative estimate of drug-likeness (QED) is 0.763.